The number of aromatic nitrogens is 2. The second-order valence-electron chi connectivity index (χ2n) is 5.83. The molecule has 1 aromatic heterocycles. The second kappa shape index (κ2) is 8.81. The Labute approximate surface area is 162 Å². The van der Waals surface area contributed by atoms with Gasteiger partial charge in [0.25, 0.3) is 0 Å². The number of carbonyl (C=O) groups excluding carboxylic acids is 1. The quantitative estimate of drug-likeness (QED) is 0.559. The average Bonchev–Trinajstić information content (AvgIpc) is 3.05. The molecule has 7 heteroatoms. The van der Waals surface area contributed by atoms with Crippen LogP contribution < -0.4 is 14.8 Å². The predicted octanol–water partition coefficient (Wildman–Crippen LogP) is 4.48. The molecule has 3 aromatic rings. The molecule has 1 unspecified atom stereocenters. The summed E-state index contributed by atoms with van der Waals surface area (Å²) in [6, 6.07) is 13.1. The number of nitrogens with zero attached hydrogens (tertiary/aromatic N) is 1. The maximum Gasteiger partial charge on any atom is 0.237 e. The van der Waals surface area contributed by atoms with Crippen LogP contribution in [-0.2, 0) is 4.79 Å². The molecular weight excluding hydrogens is 362 g/mol. The molecule has 0 saturated carbocycles. The minimum Gasteiger partial charge on any atom is -0.494 e. The molecule has 142 valence electrons. The van der Waals surface area contributed by atoms with Crippen molar-refractivity contribution in [3.63, 3.8) is 0 Å². The fourth-order valence-corrected chi connectivity index (χ4v) is 3.40. The summed E-state index contributed by atoms with van der Waals surface area (Å²) in [7, 11) is 0. The Balaban J connectivity index is 1.68. The standard InChI is InChI=1S/C20H23N3O3S/c1-4-25-14-10-11-15-17(12-14)23-20(22-15)27-13(3)19(24)21-16-8-6-7-9-18(16)26-5-2/h6-13H,4-5H2,1-3H3,(H,21,24)(H,22,23). The van der Waals surface area contributed by atoms with Gasteiger partial charge in [0.15, 0.2) is 5.16 Å². The van der Waals surface area contributed by atoms with E-state index >= 15 is 0 Å². The molecule has 2 N–H and O–H groups in total. The van der Waals surface area contributed by atoms with E-state index in [1.54, 1.807) is 0 Å². The average molecular weight is 385 g/mol. The summed E-state index contributed by atoms with van der Waals surface area (Å²) in [5.74, 6) is 1.35. The van der Waals surface area contributed by atoms with Crippen LogP contribution >= 0.6 is 11.8 Å². The molecule has 27 heavy (non-hydrogen) atoms. The number of hydrogen-bond donors (Lipinski definition) is 2. The SMILES string of the molecule is CCOc1ccc2nc(SC(C)C(=O)Nc3ccccc3OCC)[nH]c2c1. The molecule has 1 amide bonds. The number of imidazole rings is 1. The number of nitrogens with one attached hydrogen (secondary N) is 2. The zero-order chi connectivity index (χ0) is 19.2. The van der Waals surface area contributed by atoms with Crippen molar-refractivity contribution in [1.82, 2.24) is 9.97 Å². The van der Waals surface area contributed by atoms with E-state index in [0.717, 1.165) is 16.8 Å². The van der Waals surface area contributed by atoms with E-state index in [2.05, 4.69) is 15.3 Å². The fraction of sp³-hybridized carbons (Fsp3) is 0.300. The Kier molecular flexibility index (Phi) is 6.24. The lowest BCUT2D eigenvalue weighted by Crippen LogP contribution is -2.22. The summed E-state index contributed by atoms with van der Waals surface area (Å²) in [5.41, 5.74) is 2.40. The summed E-state index contributed by atoms with van der Waals surface area (Å²) >= 11 is 1.37. The van der Waals surface area contributed by atoms with Crippen LogP contribution in [0.4, 0.5) is 5.69 Å². The Morgan fingerprint density at radius 1 is 1.19 bits per heavy atom. The van der Waals surface area contributed by atoms with Gasteiger partial charge in [0.1, 0.15) is 11.5 Å². The van der Waals surface area contributed by atoms with Crippen molar-refractivity contribution in [1.29, 1.82) is 0 Å². The van der Waals surface area contributed by atoms with Crippen LogP contribution in [0.25, 0.3) is 11.0 Å². The molecule has 2 aromatic carbocycles. The van der Waals surface area contributed by atoms with Crippen LogP contribution in [0.5, 0.6) is 11.5 Å². The molecule has 0 aliphatic rings. The number of benzene rings is 2. The van der Waals surface area contributed by atoms with E-state index in [1.165, 1.54) is 11.8 Å². The summed E-state index contributed by atoms with van der Waals surface area (Å²) < 4.78 is 11.1. The highest BCUT2D eigenvalue weighted by Crippen LogP contribution is 2.28. The van der Waals surface area contributed by atoms with Crippen molar-refractivity contribution in [3.8, 4) is 11.5 Å². The smallest absolute Gasteiger partial charge is 0.237 e. The van der Waals surface area contributed by atoms with E-state index in [-0.39, 0.29) is 11.2 Å². The predicted molar refractivity (Wildman–Crippen MR) is 109 cm³/mol. The number of thioether (sulfide) groups is 1. The third kappa shape index (κ3) is 4.74. The van der Waals surface area contributed by atoms with Gasteiger partial charge in [-0.2, -0.15) is 0 Å². The molecule has 0 aliphatic carbocycles. The first kappa shape index (κ1) is 19.1. The zero-order valence-electron chi connectivity index (χ0n) is 15.6. The molecule has 1 heterocycles. The van der Waals surface area contributed by atoms with Gasteiger partial charge in [0, 0.05) is 6.07 Å². The summed E-state index contributed by atoms with van der Waals surface area (Å²) in [5, 5.41) is 3.30. The van der Waals surface area contributed by atoms with Gasteiger partial charge in [-0.1, -0.05) is 23.9 Å². The zero-order valence-corrected chi connectivity index (χ0v) is 16.4. The number of rotatable bonds is 8. The Morgan fingerprint density at radius 3 is 2.74 bits per heavy atom. The first-order valence-corrected chi connectivity index (χ1v) is 9.80. The molecule has 6 nitrogen and oxygen atoms in total. The lowest BCUT2D eigenvalue weighted by atomic mass is 10.3. The van der Waals surface area contributed by atoms with Crippen LogP contribution in [-0.4, -0.2) is 34.3 Å². The monoisotopic (exact) mass is 385 g/mol. The highest BCUT2D eigenvalue weighted by atomic mass is 32.2. The molecule has 0 fully saturated rings. The molecule has 0 aliphatic heterocycles. The Hall–Kier alpha value is -2.67. The maximum atomic E-state index is 12.6. The van der Waals surface area contributed by atoms with Crippen molar-refractivity contribution >= 4 is 34.4 Å². The number of anilines is 1. The lowest BCUT2D eigenvalue weighted by Gasteiger charge is -2.14. The second-order valence-corrected chi connectivity index (χ2v) is 7.16. The van der Waals surface area contributed by atoms with Crippen molar-refractivity contribution in [2.45, 2.75) is 31.2 Å². The van der Waals surface area contributed by atoms with E-state index < -0.39 is 0 Å². The van der Waals surface area contributed by atoms with Gasteiger partial charge in [-0.25, -0.2) is 4.98 Å². The summed E-state index contributed by atoms with van der Waals surface area (Å²) in [4.78, 5) is 20.4. The number of ether oxygens (including phenoxy) is 2. The Bertz CT molecular complexity index is 926. The van der Waals surface area contributed by atoms with E-state index in [9.17, 15) is 4.79 Å². The van der Waals surface area contributed by atoms with E-state index in [0.29, 0.717) is 29.8 Å². The van der Waals surface area contributed by atoms with Gasteiger partial charge in [-0.05, 0) is 45.0 Å². The van der Waals surface area contributed by atoms with E-state index in [4.69, 9.17) is 9.47 Å². The topological polar surface area (TPSA) is 76.2 Å². The van der Waals surface area contributed by atoms with Crippen LogP contribution in [0.15, 0.2) is 47.6 Å². The number of hydrogen-bond acceptors (Lipinski definition) is 5. The first-order valence-electron chi connectivity index (χ1n) is 8.92. The van der Waals surface area contributed by atoms with E-state index in [1.807, 2.05) is 63.2 Å². The highest BCUT2D eigenvalue weighted by Gasteiger charge is 2.18. The number of H-pyrrole nitrogens is 1. The van der Waals surface area contributed by atoms with Crippen LogP contribution in [0.3, 0.4) is 0 Å². The van der Waals surface area contributed by atoms with Crippen LogP contribution in [0.2, 0.25) is 0 Å². The highest BCUT2D eigenvalue weighted by molar-refractivity contribution is 8.00. The third-order valence-corrected chi connectivity index (χ3v) is 4.83. The maximum absolute atomic E-state index is 12.6. The van der Waals surface area contributed by atoms with Crippen molar-refractivity contribution < 1.29 is 14.3 Å². The molecular formula is C20H23N3O3S. The Morgan fingerprint density at radius 2 is 1.96 bits per heavy atom. The number of carbonyl (C=O) groups is 1. The minimum atomic E-state index is -0.327. The molecule has 0 saturated heterocycles. The minimum absolute atomic E-state index is 0.109. The number of amides is 1. The molecule has 0 radical (unpaired) electrons. The van der Waals surface area contributed by atoms with Crippen LogP contribution in [0, 0.1) is 0 Å². The summed E-state index contributed by atoms with van der Waals surface area (Å²) in [6.07, 6.45) is 0. The third-order valence-electron chi connectivity index (χ3n) is 3.85. The molecule has 0 spiro atoms. The fourth-order valence-electron chi connectivity index (χ4n) is 2.58. The van der Waals surface area contributed by atoms with Crippen molar-refractivity contribution in [2.24, 2.45) is 0 Å². The van der Waals surface area contributed by atoms with Crippen LogP contribution in [0.1, 0.15) is 20.8 Å². The van der Waals surface area contributed by atoms with Gasteiger partial charge in [-0.3, -0.25) is 4.79 Å². The normalized spacial score (nSPS) is 12.0. The van der Waals surface area contributed by atoms with Gasteiger partial charge >= 0.3 is 0 Å². The largest absolute Gasteiger partial charge is 0.494 e. The van der Waals surface area contributed by atoms with Crippen molar-refractivity contribution in [3.05, 3.63) is 42.5 Å². The molecule has 0 bridgehead atoms. The lowest BCUT2D eigenvalue weighted by molar-refractivity contribution is -0.115. The van der Waals surface area contributed by atoms with Gasteiger partial charge in [0.05, 0.1) is 35.2 Å². The van der Waals surface area contributed by atoms with Gasteiger partial charge in [-0.15, -0.1) is 0 Å². The van der Waals surface area contributed by atoms with Gasteiger partial charge < -0.3 is 19.8 Å². The molecule has 1 atom stereocenters. The van der Waals surface area contributed by atoms with Crippen molar-refractivity contribution in [2.75, 3.05) is 18.5 Å². The molecule has 3 rings (SSSR count). The van der Waals surface area contributed by atoms with Gasteiger partial charge in [0.2, 0.25) is 5.91 Å². The first-order chi connectivity index (χ1) is 13.1. The summed E-state index contributed by atoms with van der Waals surface area (Å²) in [6.45, 7) is 6.86. The number of aromatic amines is 1. The number of fused-ring (bicyclic) bond motifs is 1. The number of para-hydroxylation sites is 2.